The quantitative estimate of drug-likeness (QED) is 0.435. The van der Waals surface area contributed by atoms with E-state index in [1.807, 2.05) is 0 Å². The summed E-state index contributed by atoms with van der Waals surface area (Å²) in [5.41, 5.74) is 1.55. The van der Waals surface area contributed by atoms with Gasteiger partial charge in [-0.1, -0.05) is 0 Å². The van der Waals surface area contributed by atoms with E-state index in [4.69, 9.17) is 0 Å². The topological polar surface area (TPSA) is 0 Å². The Hall–Kier alpha value is 0.774. The minimum Gasteiger partial charge on any atom is -1.00 e. The average Bonchev–Trinajstić information content (AvgIpc) is 2.18. The van der Waals surface area contributed by atoms with Gasteiger partial charge in [-0.15, -0.1) is 0 Å². The molecule has 0 bridgehead atoms. The first-order chi connectivity index (χ1) is 4.34. The Labute approximate surface area is 90.3 Å². The van der Waals surface area contributed by atoms with E-state index in [-0.39, 0.29) is 44.0 Å². The molecule has 0 aromatic heterocycles. The molecule has 0 spiro atoms. The molecule has 0 N–H and O–H groups in total. The molecule has 0 saturated heterocycles. The second-order valence-corrected chi connectivity index (χ2v) is 4.90. The predicted octanol–water partition coefficient (Wildman–Crippen LogP) is -3.25. The Bertz CT molecular complexity index is 161. The zero-order valence-electron chi connectivity index (χ0n) is 6.82. The van der Waals surface area contributed by atoms with Gasteiger partial charge in [-0.05, 0) is 0 Å². The number of hydrogen-bond acceptors (Lipinski definition) is 0. The molecule has 1 rings (SSSR count). The Morgan fingerprint density at radius 3 is 2.45 bits per heavy atom. The first-order valence-corrected chi connectivity index (χ1v) is 5.33. The van der Waals surface area contributed by atoms with Crippen LogP contribution in [0, 0.1) is 0 Å². The van der Waals surface area contributed by atoms with Gasteiger partial charge in [0.05, 0.1) is 0 Å². The fraction of sp³-hybridized carbons (Fsp3) is 0.500. The Kier molecular flexibility index (Phi) is 9.66. The van der Waals surface area contributed by atoms with Crippen LogP contribution in [0.2, 0.25) is 4.73 Å². The van der Waals surface area contributed by atoms with Crippen molar-refractivity contribution < 1.29 is 44.0 Å². The van der Waals surface area contributed by atoms with Crippen LogP contribution in [0.25, 0.3) is 0 Å². The maximum atomic E-state index is 2.29. The second-order valence-electron chi connectivity index (χ2n) is 2.30. The summed E-state index contributed by atoms with van der Waals surface area (Å²) in [6.45, 7) is 4.52. The third kappa shape index (κ3) is 4.37. The summed E-state index contributed by atoms with van der Waals surface area (Å²) in [4.78, 5) is 0. The first kappa shape index (κ1) is 14.3. The molecule has 0 nitrogen and oxygen atoms in total. The molecule has 0 amide bonds. The monoisotopic (exact) mass is 226 g/mol. The molecular formula is C8H12Cl2Ti. The maximum absolute atomic E-state index is 2.29. The van der Waals surface area contributed by atoms with Crippen molar-refractivity contribution in [3.05, 3.63) is 21.6 Å². The van der Waals surface area contributed by atoms with Crippen LogP contribution in [0.1, 0.15) is 20.3 Å². The summed E-state index contributed by atoms with van der Waals surface area (Å²) in [5.74, 6) is 0. The summed E-state index contributed by atoms with van der Waals surface area (Å²) < 4.78 is 3.17. The predicted molar refractivity (Wildman–Crippen MR) is 36.9 cm³/mol. The Morgan fingerprint density at radius 1 is 1.45 bits per heavy atom. The molecule has 0 saturated carbocycles. The van der Waals surface area contributed by atoms with Gasteiger partial charge in [0.15, 0.2) is 0 Å². The van der Waals surface area contributed by atoms with E-state index in [0.717, 1.165) is 0 Å². The number of hydrogen-bond donors (Lipinski definition) is 0. The molecule has 0 fully saturated rings. The minimum atomic E-state index is 0. The molecule has 3 heteroatoms. The van der Waals surface area contributed by atoms with Gasteiger partial charge in [0.25, 0.3) is 0 Å². The number of halogens is 2. The smallest absolute Gasteiger partial charge is 1.00 e. The van der Waals surface area contributed by atoms with Gasteiger partial charge < -0.3 is 24.8 Å². The number of rotatable bonds is 2. The molecular weight excluding hydrogens is 215 g/mol. The fourth-order valence-electron chi connectivity index (χ4n) is 1.04. The molecule has 0 heterocycles. The fourth-order valence-corrected chi connectivity index (χ4v) is 2.68. The van der Waals surface area contributed by atoms with Gasteiger partial charge in [-0.3, -0.25) is 0 Å². The van der Waals surface area contributed by atoms with Crippen molar-refractivity contribution in [2.24, 2.45) is 0 Å². The molecule has 0 aliphatic heterocycles. The van der Waals surface area contributed by atoms with Crippen LogP contribution in [-0.2, 0) is 19.2 Å². The summed E-state index contributed by atoms with van der Waals surface area (Å²) in [7, 11) is 0. The van der Waals surface area contributed by atoms with Crippen LogP contribution >= 0.6 is 0 Å². The molecule has 0 aromatic carbocycles. The second kappa shape index (κ2) is 7.42. The van der Waals surface area contributed by atoms with E-state index < -0.39 is 0 Å². The molecule has 0 aromatic rings. The largest absolute Gasteiger partial charge is 1.00 e. The standard InChI is InChI=1S/C6H7.C2H5.2ClH.Ti/c1-6-4-2-3-5-6;1-2;;;/h2,4H,3H2,1H3;1H2,2H3;2*1H;/q;;;;+2/p-2. The maximum Gasteiger partial charge on any atom is -1.00 e. The van der Waals surface area contributed by atoms with E-state index >= 15 is 0 Å². The molecule has 0 atom stereocenters. The van der Waals surface area contributed by atoms with Crippen molar-refractivity contribution in [3.63, 3.8) is 0 Å². The van der Waals surface area contributed by atoms with Gasteiger partial charge in [-0.25, -0.2) is 0 Å². The number of allylic oxidation sites excluding steroid dienone is 4. The van der Waals surface area contributed by atoms with Crippen LogP contribution in [0.15, 0.2) is 21.6 Å². The van der Waals surface area contributed by atoms with E-state index in [0.29, 0.717) is 0 Å². The van der Waals surface area contributed by atoms with E-state index in [1.165, 1.54) is 11.1 Å². The van der Waals surface area contributed by atoms with Crippen molar-refractivity contribution in [1.82, 2.24) is 0 Å². The van der Waals surface area contributed by atoms with Crippen molar-refractivity contribution in [2.75, 3.05) is 0 Å². The Balaban J connectivity index is 0. The summed E-state index contributed by atoms with van der Waals surface area (Å²) in [6.07, 6.45) is 5.80. The van der Waals surface area contributed by atoms with Crippen molar-refractivity contribution in [3.8, 4) is 0 Å². The van der Waals surface area contributed by atoms with E-state index in [9.17, 15) is 0 Å². The molecule has 11 heavy (non-hydrogen) atoms. The minimum absolute atomic E-state index is 0. The van der Waals surface area contributed by atoms with Crippen LogP contribution < -0.4 is 24.8 Å². The van der Waals surface area contributed by atoms with Gasteiger partial charge in [0.2, 0.25) is 0 Å². The average molecular weight is 227 g/mol. The Morgan fingerprint density at radius 2 is 2.09 bits per heavy atom. The van der Waals surface area contributed by atoms with Crippen LogP contribution in [-0.4, -0.2) is 0 Å². The normalized spacial score (nSPS) is 13.6. The van der Waals surface area contributed by atoms with Crippen LogP contribution in [0.3, 0.4) is 0 Å². The zero-order valence-corrected chi connectivity index (χ0v) is 9.90. The SMILES string of the molecule is C[CH2][Ti+2][C]1=C(C)C=CC1.[Cl-].[Cl-]. The van der Waals surface area contributed by atoms with E-state index in [2.05, 4.69) is 26.0 Å². The van der Waals surface area contributed by atoms with Gasteiger partial charge in [0.1, 0.15) is 0 Å². The third-order valence-electron chi connectivity index (χ3n) is 1.56. The van der Waals surface area contributed by atoms with E-state index in [1.54, 1.807) is 9.45 Å². The van der Waals surface area contributed by atoms with Crippen molar-refractivity contribution in [2.45, 2.75) is 25.0 Å². The first-order valence-electron chi connectivity index (χ1n) is 3.44. The van der Waals surface area contributed by atoms with Crippen molar-refractivity contribution >= 4 is 0 Å². The van der Waals surface area contributed by atoms with Crippen LogP contribution in [0.4, 0.5) is 0 Å². The van der Waals surface area contributed by atoms with Crippen molar-refractivity contribution in [1.29, 1.82) is 0 Å². The zero-order chi connectivity index (χ0) is 6.69. The van der Waals surface area contributed by atoms with Gasteiger partial charge in [0, 0.05) is 0 Å². The van der Waals surface area contributed by atoms with Gasteiger partial charge in [-0.2, -0.15) is 0 Å². The van der Waals surface area contributed by atoms with Crippen LogP contribution in [0.5, 0.6) is 0 Å². The van der Waals surface area contributed by atoms with Gasteiger partial charge >= 0.3 is 65.7 Å². The molecule has 1 aliphatic rings. The summed E-state index contributed by atoms with van der Waals surface area (Å²) in [6, 6.07) is 0. The molecule has 0 radical (unpaired) electrons. The molecule has 62 valence electrons. The summed E-state index contributed by atoms with van der Waals surface area (Å²) >= 11 is 0.280. The molecule has 0 unspecified atom stereocenters. The summed E-state index contributed by atoms with van der Waals surface area (Å²) in [5, 5.41) is 0. The third-order valence-corrected chi connectivity index (χ3v) is 3.71. The molecule has 1 aliphatic carbocycles.